The van der Waals surface area contributed by atoms with Gasteiger partial charge in [-0.15, -0.1) is 21.5 Å². The van der Waals surface area contributed by atoms with E-state index in [2.05, 4.69) is 39.5 Å². The molecule has 1 fully saturated rings. The number of hydrogen-bond acceptors (Lipinski definition) is 5. The van der Waals surface area contributed by atoms with Crippen LogP contribution in [0.15, 0.2) is 41.8 Å². The van der Waals surface area contributed by atoms with Crippen molar-refractivity contribution in [3.05, 3.63) is 58.5 Å². The first-order chi connectivity index (χ1) is 14.0. The molecule has 3 heterocycles. The van der Waals surface area contributed by atoms with Crippen molar-refractivity contribution >= 4 is 28.7 Å². The van der Waals surface area contributed by atoms with Crippen molar-refractivity contribution in [1.29, 1.82) is 0 Å². The smallest absolute Gasteiger partial charge is 0.229 e. The Morgan fingerprint density at radius 1 is 1.14 bits per heavy atom. The van der Waals surface area contributed by atoms with Crippen LogP contribution in [0.1, 0.15) is 29.5 Å². The first-order valence-corrected chi connectivity index (χ1v) is 10.9. The number of carbonyl (C=O) groups is 1. The minimum atomic E-state index is -0.0531. The zero-order valence-corrected chi connectivity index (χ0v) is 17.9. The lowest BCUT2D eigenvalue weighted by Gasteiger charge is -2.32. The Labute approximate surface area is 175 Å². The minimum Gasteiger partial charge on any atom is -0.354 e. The lowest BCUT2D eigenvalue weighted by atomic mass is 9.96. The maximum Gasteiger partial charge on any atom is 0.229 e. The summed E-state index contributed by atoms with van der Waals surface area (Å²) in [5, 5.41) is 14.0. The van der Waals surface area contributed by atoms with Gasteiger partial charge in [-0.05, 0) is 68.3 Å². The van der Waals surface area contributed by atoms with Crippen molar-refractivity contribution in [2.24, 2.45) is 5.92 Å². The highest BCUT2D eigenvalue weighted by Gasteiger charge is 2.27. The molecular formula is C23H26N4OS. The van der Waals surface area contributed by atoms with Gasteiger partial charge in [0, 0.05) is 18.8 Å². The molecule has 1 aliphatic heterocycles. The SMILES string of the molecule is Cc1cc(C)c(NC(=O)C2CCCN(c3ccc(-c4cccs4)nn3)C2)c(C)c1. The molecule has 6 heteroatoms. The Morgan fingerprint density at radius 3 is 2.59 bits per heavy atom. The molecule has 0 saturated carbocycles. The summed E-state index contributed by atoms with van der Waals surface area (Å²) in [5.74, 6) is 0.876. The van der Waals surface area contributed by atoms with Crippen LogP contribution in [-0.2, 0) is 4.79 Å². The quantitative estimate of drug-likeness (QED) is 0.663. The number of piperidine rings is 1. The first-order valence-electron chi connectivity index (χ1n) is 10.0. The Bertz CT molecular complexity index is 975. The van der Waals surface area contributed by atoms with E-state index in [4.69, 9.17) is 0 Å². The van der Waals surface area contributed by atoms with E-state index in [-0.39, 0.29) is 11.8 Å². The lowest BCUT2D eigenvalue weighted by molar-refractivity contribution is -0.120. The van der Waals surface area contributed by atoms with E-state index in [0.717, 1.165) is 52.6 Å². The largest absolute Gasteiger partial charge is 0.354 e. The molecule has 0 aliphatic carbocycles. The number of aromatic nitrogens is 2. The fourth-order valence-corrected chi connectivity index (χ4v) is 4.74. The molecule has 2 aromatic heterocycles. The molecule has 0 spiro atoms. The van der Waals surface area contributed by atoms with Crippen molar-refractivity contribution in [1.82, 2.24) is 10.2 Å². The number of anilines is 2. The summed E-state index contributed by atoms with van der Waals surface area (Å²) in [7, 11) is 0. The van der Waals surface area contributed by atoms with Crippen molar-refractivity contribution in [3.63, 3.8) is 0 Å². The summed E-state index contributed by atoms with van der Waals surface area (Å²) in [6.07, 6.45) is 1.87. The summed E-state index contributed by atoms with van der Waals surface area (Å²) < 4.78 is 0. The Balaban J connectivity index is 1.45. The summed E-state index contributed by atoms with van der Waals surface area (Å²) in [6.45, 7) is 7.75. The van der Waals surface area contributed by atoms with Gasteiger partial charge in [-0.1, -0.05) is 23.8 Å². The molecule has 1 saturated heterocycles. The molecule has 0 bridgehead atoms. The predicted octanol–water partition coefficient (Wildman–Crippen LogP) is 4.99. The normalized spacial score (nSPS) is 16.7. The third-order valence-electron chi connectivity index (χ3n) is 5.47. The van der Waals surface area contributed by atoms with Crippen LogP contribution in [0.2, 0.25) is 0 Å². The summed E-state index contributed by atoms with van der Waals surface area (Å²) in [4.78, 5) is 16.3. The van der Waals surface area contributed by atoms with Gasteiger partial charge in [0.25, 0.3) is 0 Å². The molecule has 4 rings (SSSR count). The van der Waals surface area contributed by atoms with E-state index in [1.807, 2.05) is 43.5 Å². The van der Waals surface area contributed by atoms with Gasteiger partial charge >= 0.3 is 0 Å². The molecule has 1 amide bonds. The number of amides is 1. The van der Waals surface area contributed by atoms with Gasteiger partial charge in [0.1, 0.15) is 5.69 Å². The van der Waals surface area contributed by atoms with Gasteiger partial charge in [0.15, 0.2) is 5.82 Å². The second kappa shape index (κ2) is 8.33. The number of thiophene rings is 1. The van der Waals surface area contributed by atoms with E-state index < -0.39 is 0 Å². The van der Waals surface area contributed by atoms with Gasteiger partial charge in [-0.2, -0.15) is 0 Å². The van der Waals surface area contributed by atoms with Gasteiger partial charge < -0.3 is 10.2 Å². The number of aryl methyl sites for hydroxylation is 3. The first kappa shape index (κ1) is 19.6. The van der Waals surface area contributed by atoms with E-state index in [1.165, 1.54) is 5.56 Å². The number of hydrogen-bond donors (Lipinski definition) is 1. The van der Waals surface area contributed by atoms with Crippen molar-refractivity contribution < 1.29 is 4.79 Å². The van der Waals surface area contributed by atoms with Gasteiger partial charge in [0.05, 0.1) is 10.8 Å². The molecule has 29 heavy (non-hydrogen) atoms. The highest BCUT2D eigenvalue weighted by molar-refractivity contribution is 7.13. The summed E-state index contributed by atoms with van der Waals surface area (Å²) in [5.41, 5.74) is 5.27. The molecule has 3 aromatic rings. The lowest BCUT2D eigenvalue weighted by Crippen LogP contribution is -2.41. The molecule has 1 atom stereocenters. The Kier molecular flexibility index (Phi) is 5.62. The Hall–Kier alpha value is -2.73. The maximum atomic E-state index is 13.0. The fourth-order valence-electron chi connectivity index (χ4n) is 4.05. The molecule has 1 aromatic carbocycles. The topological polar surface area (TPSA) is 58.1 Å². The molecule has 5 nitrogen and oxygen atoms in total. The second-order valence-electron chi connectivity index (χ2n) is 7.80. The molecule has 0 radical (unpaired) electrons. The van der Waals surface area contributed by atoms with E-state index in [9.17, 15) is 4.79 Å². The summed E-state index contributed by atoms with van der Waals surface area (Å²) >= 11 is 1.66. The van der Waals surface area contributed by atoms with E-state index in [0.29, 0.717) is 6.54 Å². The van der Waals surface area contributed by atoms with Crippen LogP contribution in [-0.4, -0.2) is 29.2 Å². The summed E-state index contributed by atoms with van der Waals surface area (Å²) in [6, 6.07) is 12.3. The minimum absolute atomic E-state index is 0.0531. The highest BCUT2D eigenvalue weighted by Crippen LogP contribution is 2.27. The van der Waals surface area contributed by atoms with Crippen molar-refractivity contribution in [3.8, 4) is 10.6 Å². The van der Waals surface area contributed by atoms with Crippen LogP contribution in [0, 0.1) is 26.7 Å². The molecule has 150 valence electrons. The molecular weight excluding hydrogens is 380 g/mol. The third kappa shape index (κ3) is 4.32. The predicted molar refractivity (Wildman–Crippen MR) is 120 cm³/mol. The van der Waals surface area contributed by atoms with Crippen molar-refractivity contribution in [2.45, 2.75) is 33.6 Å². The average molecular weight is 407 g/mol. The number of rotatable bonds is 4. The maximum absolute atomic E-state index is 13.0. The van der Waals surface area contributed by atoms with Crippen LogP contribution < -0.4 is 10.2 Å². The number of nitrogens with zero attached hydrogens (tertiary/aromatic N) is 3. The monoisotopic (exact) mass is 406 g/mol. The zero-order valence-electron chi connectivity index (χ0n) is 17.1. The van der Waals surface area contributed by atoms with Crippen LogP contribution >= 0.6 is 11.3 Å². The molecule has 1 N–H and O–H groups in total. The number of carbonyl (C=O) groups excluding carboxylic acids is 1. The fraction of sp³-hybridized carbons (Fsp3) is 0.348. The zero-order chi connectivity index (χ0) is 20.4. The second-order valence-corrected chi connectivity index (χ2v) is 8.75. The third-order valence-corrected chi connectivity index (χ3v) is 6.36. The molecule has 1 unspecified atom stereocenters. The van der Waals surface area contributed by atoms with Crippen LogP contribution in [0.3, 0.4) is 0 Å². The van der Waals surface area contributed by atoms with Gasteiger partial charge in [-0.3, -0.25) is 4.79 Å². The van der Waals surface area contributed by atoms with Gasteiger partial charge in [-0.25, -0.2) is 0 Å². The highest BCUT2D eigenvalue weighted by atomic mass is 32.1. The van der Waals surface area contributed by atoms with Crippen LogP contribution in [0.5, 0.6) is 0 Å². The van der Waals surface area contributed by atoms with E-state index in [1.54, 1.807) is 11.3 Å². The molecule has 1 aliphatic rings. The number of benzene rings is 1. The van der Waals surface area contributed by atoms with E-state index >= 15 is 0 Å². The van der Waals surface area contributed by atoms with Crippen LogP contribution in [0.25, 0.3) is 10.6 Å². The van der Waals surface area contributed by atoms with Gasteiger partial charge in [0.2, 0.25) is 5.91 Å². The Morgan fingerprint density at radius 2 is 1.93 bits per heavy atom. The standard InChI is InChI=1S/C23H26N4OS/c1-15-12-16(2)22(17(3)13-15)24-23(28)18-6-4-10-27(14-18)21-9-8-19(25-26-21)20-7-5-11-29-20/h5,7-9,11-13,18H,4,6,10,14H2,1-3H3,(H,24,28). The van der Waals surface area contributed by atoms with Crippen LogP contribution in [0.4, 0.5) is 11.5 Å². The van der Waals surface area contributed by atoms with Crippen molar-refractivity contribution in [2.75, 3.05) is 23.3 Å². The average Bonchev–Trinajstić information content (AvgIpc) is 3.25. The number of nitrogens with one attached hydrogen (secondary N) is 1.